The molecular formula is C17H14Cl2N2S. The van der Waals surface area contributed by atoms with Gasteiger partial charge in [-0.3, -0.25) is 4.68 Å². The molecule has 0 radical (unpaired) electrons. The molecule has 0 unspecified atom stereocenters. The van der Waals surface area contributed by atoms with E-state index in [0.717, 1.165) is 31.8 Å². The first-order valence-electron chi connectivity index (χ1n) is 6.79. The molecule has 0 saturated heterocycles. The number of hydrogen-bond donors (Lipinski definition) is 0. The molecule has 0 atom stereocenters. The highest BCUT2D eigenvalue weighted by Crippen LogP contribution is 2.36. The largest absolute Gasteiger partial charge is 0.261 e. The molecule has 2 aromatic carbocycles. The number of halogens is 2. The zero-order chi connectivity index (χ0) is 15.5. The lowest BCUT2D eigenvalue weighted by Gasteiger charge is -2.05. The minimum absolute atomic E-state index is 0.425. The Balaban J connectivity index is 2.01. The van der Waals surface area contributed by atoms with E-state index in [-0.39, 0.29) is 0 Å². The molecule has 0 spiro atoms. The van der Waals surface area contributed by atoms with Crippen molar-refractivity contribution < 1.29 is 0 Å². The molecule has 1 aromatic heterocycles. The van der Waals surface area contributed by atoms with Crippen LogP contribution in [-0.2, 0) is 12.9 Å². The fraction of sp³-hybridized carbons (Fsp3) is 0.118. The fourth-order valence-corrected chi connectivity index (χ4v) is 3.66. The summed E-state index contributed by atoms with van der Waals surface area (Å²) < 4.78 is 1.89. The van der Waals surface area contributed by atoms with Crippen LogP contribution in [0.1, 0.15) is 5.56 Å². The predicted molar refractivity (Wildman–Crippen MR) is 93.8 cm³/mol. The van der Waals surface area contributed by atoms with Crippen molar-refractivity contribution in [2.45, 2.75) is 15.8 Å². The van der Waals surface area contributed by atoms with Gasteiger partial charge in [0.15, 0.2) is 0 Å². The first-order valence-corrected chi connectivity index (χ1v) is 8.52. The molecule has 0 aliphatic rings. The van der Waals surface area contributed by atoms with Crippen molar-refractivity contribution in [2.75, 3.05) is 0 Å². The molecule has 1 heterocycles. The Morgan fingerprint density at radius 1 is 1.05 bits per heavy atom. The second-order valence-electron chi connectivity index (χ2n) is 4.81. The molecule has 0 amide bonds. The summed E-state index contributed by atoms with van der Waals surface area (Å²) in [7, 11) is 1.95. The van der Waals surface area contributed by atoms with Crippen LogP contribution < -0.4 is 0 Å². The van der Waals surface area contributed by atoms with E-state index < -0.39 is 0 Å². The lowest BCUT2D eigenvalue weighted by molar-refractivity contribution is 0.697. The first kappa shape index (κ1) is 15.5. The van der Waals surface area contributed by atoms with E-state index in [1.54, 1.807) is 11.8 Å². The van der Waals surface area contributed by atoms with Crippen LogP contribution in [0.4, 0.5) is 0 Å². The Hall–Kier alpha value is -1.42. The van der Waals surface area contributed by atoms with Gasteiger partial charge in [0.2, 0.25) is 0 Å². The van der Waals surface area contributed by atoms with E-state index in [4.69, 9.17) is 23.2 Å². The summed E-state index contributed by atoms with van der Waals surface area (Å²) >= 11 is 13.8. The second-order valence-corrected chi connectivity index (χ2v) is 6.58. The van der Waals surface area contributed by atoms with Gasteiger partial charge in [-0.1, -0.05) is 53.7 Å². The lowest BCUT2D eigenvalue weighted by Crippen LogP contribution is -1.93. The number of hydrogen-bond acceptors (Lipinski definition) is 2. The number of benzene rings is 2. The van der Waals surface area contributed by atoms with Crippen molar-refractivity contribution in [1.82, 2.24) is 9.78 Å². The highest BCUT2D eigenvalue weighted by molar-refractivity contribution is 7.99. The quantitative estimate of drug-likeness (QED) is 0.568. The molecule has 3 aromatic rings. The van der Waals surface area contributed by atoms with Crippen molar-refractivity contribution in [2.24, 2.45) is 7.05 Å². The number of rotatable bonds is 4. The van der Waals surface area contributed by atoms with E-state index in [2.05, 4.69) is 17.2 Å². The van der Waals surface area contributed by atoms with Crippen LogP contribution in [0.25, 0.3) is 11.3 Å². The minimum atomic E-state index is 0.425. The number of nitrogens with zero attached hydrogens (tertiary/aromatic N) is 2. The van der Waals surface area contributed by atoms with E-state index in [9.17, 15) is 0 Å². The second kappa shape index (κ2) is 6.78. The number of alkyl halides is 1. The van der Waals surface area contributed by atoms with Crippen molar-refractivity contribution in [1.29, 1.82) is 0 Å². The SMILES string of the molecule is Cn1nc(-c2ccccc2)c(CCl)c1Sc1ccc(Cl)cc1. The summed E-state index contributed by atoms with van der Waals surface area (Å²) in [5.41, 5.74) is 3.07. The smallest absolute Gasteiger partial charge is 0.103 e. The van der Waals surface area contributed by atoms with Crippen LogP contribution in [0.3, 0.4) is 0 Å². The normalized spacial score (nSPS) is 10.9. The van der Waals surface area contributed by atoms with Crippen LogP contribution in [0, 0.1) is 0 Å². The summed E-state index contributed by atoms with van der Waals surface area (Å²) in [4.78, 5) is 1.11. The van der Waals surface area contributed by atoms with Crippen molar-refractivity contribution in [3.63, 3.8) is 0 Å². The van der Waals surface area contributed by atoms with Gasteiger partial charge < -0.3 is 0 Å². The van der Waals surface area contributed by atoms with Gasteiger partial charge >= 0.3 is 0 Å². The highest BCUT2D eigenvalue weighted by Gasteiger charge is 2.17. The highest BCUT2D eigenvalue weighted by atomic mass is 35.5. The average Bonchev–Trinajstić information content (AvgIpc) is 2.86. The summed E-state index contributed by atoms with van der Waals surface area (Å²) in [6, 6.07) is 17.9. The Morgan fingerprint density at radius 3 is 2.36 bits per heavy atom. The van der Waals surface area contributed by atoms with Gasteiger partial charge in [0.05, 0.1) is 11.6 Å². The van der Waals surface area contributed by atoms with Crippen LogP contribution in [0.2, 0.25) is 5.02 Å². The summed E-state index contributed by atoms with van der Waals surface area (Å²) in [5, 5.41) is 6.44. The minimum Gasteiger partial charge on any atom is -0.261 e. The van der Waals surface area contributed by atoms with Gasteiger partial charge in [-0.2, -0.15) is 5.10 Å². The summed E-state index contributed by atoms with van der Waals surface area (Å²) in [6.07, 6.45) is 0. The standard InChI is InChI=1S/C17H14Cl2N2S/c1-21-17(22-14-9-7-13(19)8-10-14)15(11-18)16(20-21)12-5-3-2-4-6-12/h2-10H,11H2,1H3. The summed E-state index contributed by atoms with van der Waals surface area (Å²) in [6.45, 7) is 0. The zero-order valence-corrected chi connectivity index (χ0v) is 14.3. The molecular weight excluding hydrogens is 335 g/mol. The van der Waals surface area contributed by atoms with Crippen LogP contribution in [0.15, 0.2) is 64.5 Å². The van der Waals surface area contributed by atoms with E-state index in [0.29, 0.717) is 5.88 Å². The Labute approximate surface area is 144 Å². The monoisotopic (exact) mass is 348 g/mol. The molecule has 0 saturated carbocycles. The van der Waals surface area contributed by atoms with Gasteiger partial charge in [-0.05, 0) is 24.3 Å². The van der Waals surface area contributed by atoms with Gasteiger partial charge in [0.25, 0.3) is 0 Å². The van der Waals surface area contributed by atoms with Gasteiger partial charge in [0, 0.05) is 28.1 Å². The lowest BCUT2D eigenvalue weighted by atomic mass is 10.1. The number of aryl methyl sites for hydroxylation is 1. The third-order valence-corrected chi connectivity index (χ3v) is 5.03. The molecule has 22 heavy (non-hydrogen) atoms. The summed E-state index contributed by atoms with van der Waals surface area (Å²) in [5.74, 6) is 0.425. The fourth-order valence-electron chi connectivity index (χ4n) is 2.24. The van der Waals surface area contributed by atoms with Crippen molar-refractivity contribution in [3.8, 4) is 11.3 Å². The first-order chi connectivity index (χ1) is 10.7. The van der Waals surface area contributed by atoms with Crippen LogP contribution >= 0.6 is 35.0 Å². The molecule has 112 valence electrons. The predicted octanol–water partition coefficient (Wildman–Crippen LogP) is 5.63. The maximum atomic E-state index is 6.20. The van der Waals surface area contributed by atoms with E-state index in [1.807, 2.05) is 54.2 Å². The average molecular weight is 349 g/mol. The molecule has 0 aliphatic carbocycles. The Bertz CT molecular complexity index is 767. The van der Waals surface area contributed by atoms with Crippen LogP contribution in [-0.4, -0.2) is 9.78 Å². The molecule has 0 bridgehead atoms. The molecule has 5 heteroatoms. The van der Waals surface area contributed by atoms with Gasteiger partial charge in [-0.25, -0.2) is 0 Å². The Morgan fingerprint density at radius 2 is 1.73 bits per heavy atom. The number of aromatic nitrogens is 2. The third-order valence-electron chi connectivity index (χ3n) is 3.30. The molecule has 2 nitrogen and oxygen atoms in total. The zero-order valence-electron chi connectivity index (χ0n) is 12.0. The molecule has 0 N–H and O–H groups in total. The molecule has 3 rings (SSSR count). The topological polar surface area (TPSA) is 17.8 Å². The molecule has 0 aliphatic heterocycles. The maximum absolute atomic E-state index is 6.20. The van der Waals surface area contributed by atoms with E-state index >= 15 is 0 Å². The van der Waals surface area contributed by atoms with Crippen molar-refractivity contribution in [3.05, 3.63) is 65.2 Å². The molecule has 0 fully saturated rings. The Kier molecular flexibility index (Phi) is 4.77. The maximum Gasteiger partial charge on any atom is 0.103 e. The van der Waals surface area contributed by atoms with Crippen molar-refractivity contribution >= 4 is 35.0 Å². The van der Waals surface area contributed by atoms with Gasteiger partial charge in [0.1, 0.15) is 5.03 Å². The van der Waals surface area contributed by atoms with E-state index in [1.165, 1.54) is 0 Å². The third kappa shape index (κ3) is 3.17. The van der Waals surface area contributed by atoms with Gasteiger partial charge in [-0.15, -0.1) is 11.6 Å². The van der Waals surface area contributed by atoms with Crippen LogP contribution in [0.5, 0.6) is 0 Å².